The fourth-order valence-corrected chi connectivity index (χ4v) is 5.64. The lowest BCUT2D eigenvalue weighted by Gasteiger charge is -2.16. The summed E-state index contributed by atoms with van der Waals surface area (Å²) in [5.41, 5.74) is 0. The number of alkyl halides is 1. The molecule has 0 saturated heterocycles. The largest absolute Gasteiger partial charge is 0.350 e. The molecule has 2 aromatic heterocycles. The maximum Gasteiger partial charge on any atom is 0.261 e. The Morgan fingerprint density at radius 3 is 2.52 bits per heavy atom. The Morgan fingerprint density at radius 1 is 1.11 bits per heavy atom. The molecule has 0 bridgehead atoms. The van der Waals surface area contributed by atoms with E-state index in [0.717, 1.165) is 22.4 Å². The summed E-state index contributed by atoms with van der Waals surface area (Å²) in [5.74, 6) is 0.897. The molecule has 3 rings (SSSR count). The highest BCUT2D eigenvalue weighted by atomic mass is 127. The lowest BCUT2D eigenvalue weighted by atomic mass is 10.4. The number of nitrogens with one attached hydrogen (secondary N) is 2. The van der Waals surface area contributed by atoms with Crippen LogP contribution in [-0.4, -0.2) is 47.1 Å². The second-order valence-corrected chi connectivity index (χ2v) is 9.76. The number of rotatable bonds is 7. The minimum absolute atomic E-state index is 0.0174. The van der Waals surface area contributed by atoms with Crippen LogP contribution in [0.2, 0.25) is 0 Å². The van der Waals surface area contributed by atoms with E-state index in [1.165, 1.54) is 39.3 Å². The highest BCUT2D eigenvalue weighted by Gasteiger charge is 2.17. The standard InChI is InChI=1S/C18H18IN3O2S3/c19-11-12-3-4-14(26-12)17(23)21-7-10-25-18(24)15-6-5-13(27-15)16(20)22-8-1-2-9-22/h1-6,20H,7-11H2,(H,21,23). The van der Waals surface area contributed by atoms with Crippen LogP contribution in [0.15, 0.2) is 36.4 Å². The lowest BCUT2D eigenvalue weighted by molar-refractivity contribution is 0.0959. The van der Waals surface area contributed by atoms with E-state index in [4.69, 9.17) is 5.41 Å². The molecule has 0 atom stereocenters. The summed E-state index contributed by atoms with van der Waals surface area (Å²) in [6.07, 6.45) is 4.08. The van der Waals surface area contributed by atoms with Crippen LogP contribution in [-0.2, 0) is 4.43 Å². The van der Waals surface area contributed by atoms with Crippen molar-refractivity contribution >= 4 is 73.9 Å². The third-order valence-corrected chi connectivity index (χ3v) is 8.35. The van der Waals surface area contributed by atoms with Crippen LogP contribution in [0.1, 0.15) is 29.1 Å². The fraction of sp³-hybridized carbons (Fsp3) is 0.278. The maximum absolute atomic E-state index is 12.3. The lowest BCUT2D eigenvalue weighted by Crippen LogP contribution is -2.27. The van der Waals surface area contributed by atoms with Gasteiger partial charge in [0.1, 0.15) is 5.84 Å². The van der Waals surface area contributed by atoms with E-state index < -0.39 is 0 Å². The number of amidine groups is 1. The van der Waals surface area contributed by atoms with E-state index in [1.807, 2.05) is 35.3 Å². The quantitative estimate of drug-likeness (QED) is 0.140. The van der Waals surface area contributed by atoms with Crippen molar-refractivity contribution in [2.24, 2.45) is 0 Å². The molecule has 3 heterocycles. The Balaban J connectivity index is 1.43. The molecule has 1 aliphatic rings. The minimum Gasteiger partial charge on any atom is -0.350 e. The predicted octanol–water partition coefficient (Wildman–Crippen LogP) is 4.25. The number of thiophene rings is 2. The fourth-order valence-electron chi connectivity index (χ4n) is 2.43. The summed E-state index contributed by atoms with van der Waals surface area (Å²) in [7, 11) is 0. The number of carbonyl (C=O) groups is 2. The predicted molar refractivity (Wildman–Crippen MR) is 123 cm³/mol. The van der Waals surface area contributed by atoms with Crippen LogP contribution in [0.3, 0.4) is 0 Å². The van der Waals surface area contributed by atoms with Crippen LogP contribution in [0, 0.1) is 5.41 Å². The number of halogens is 1. The summed E-state index contributed by atoms with van der Waals surface area (Å²) < 4.78 is 0.897. The molecule has 0 aliphatic carbocycles. The molecule has 0 aromatic carbocycles. The number of hydrogen-bond acceptors (Lipinski definition) is 6. The molecule has 2 N–H and O–H groups in total. The van der Waals surface area contributed by atoms with Crippen molar-refractivity contribution in [1.82, 2.24) is 10.2 Å². The SMILES string of the molecule is N=C(c1ccc(C(=O)SCCNC(=O)c2ccc(CI)s2)s1)N1CC=CC1. The first-order valence-corrected chi connectivity index (χ1v) is 12.4. The first kappa shape index (κ1) is 20.6. The Kier molecular flexibility index (Phi) is 7.50. The Bertz CT molecular complexity index is 867. The third kappa shape index (κ3) is 5.43. The molecule has 0 spiro atoms. The number of carbonyl (C=O) groups excluding carboxylic acids is 2. The number of hydrogen-bond donors (Lipinski definition) is 2. The summed E-state index contributed by atoms with van der Waals surface area (Å²) >= 11 is 6.32. The van der Waals surface area contributed by atoms with Gasteiger partial charge in [-0.2, -0.15) is 0 Å². The van der Waals surface area contributed by atoms with Gasteiger partial charge >= 0.3 is 0 Å². The summed E-state index contributed by atoms with van der Waals surface area (Å²) in [6, 6.07) is 7.42. The van der Waals surface area contributed by atoms with Crippen LogP contribution in [0.25, 0.3) is 0 Å². The first-order chi connectivity index (χ1) is 13.1. The van der Waals surface area contributed by atoms with Crippen molar-refractivity contribution < 1.29 is 9.59 Å². The summed E-state index contributed by atoms with van der Waals surface area (Å²) in [5, 5.41) is 11.1. The highest BCUT2D eigenvalue weighted by molar-refractivity contribution is 14.1. The van der Waals surface area contributed by atoms with Gasteiger partial charge in [0, 0.05) is 34.7 Å². The Hall–Kier alpha value is -1.17. The monoisotopic (exact) mass is 531 g/mol. The second kappa shape index (κ2) is 9.85. The van der Waals surface area contributed by atoms with Crippen molar-refractivity contribution in [3.05, 3.63) is 55.9 Å². The molecule has 9 heteroatoms. The van der Waals surface area contributed by atoms with Gasteiger partial charge in [-0.1, -0.05) is 46.5 Å². The molecule has 27 heavy (non-hydrogen) atoms. The summed E-state index contributed by atoms with van der Waals surface area (Å²) in [6.45, 7) is 1.94. The second-order valence-electron chi connectivity index (χ2n) is 5.68. The van der Waals surface area contributed by atoms with Crippen LogP contribution >= 0.6 is 57.0 Å². The minimum atomic E-state index is -0.0878. The van der Waals surface area contributed by atoms with Gasteiger partial charge in [-0.15, -0.1) is 22.7 Å². The van der Waals surface area contributed by atoms with E-state index in [0.29, 0.717) is 27.9 Å². The molecular formula is C18H18IN3O2S3. The van der Waals surface area contributed by atoms with Gasteiger partial charge in [0.15, 0.2) is 0 Å². The molecule has 5 nitrogen and oxygen atoms in total. The zero-order valence-electron chi connectivity index (χ0n) is 14.4. The van der Waals surface area contributed by atoms with Crippen LogP contribution < -0.4 is 5.32 Å². The van der Waals surface area contributed by atoms with Gasteiger partial charge in [-0.25, -0.2) is 0 Å². The highest BCUT2D eigenvalue weighted by Crippen LogP contribution is 2.23. The number of amides is 1. The topological polar surface area (TPSA) is 73.3 Å². The normalized spacial score (nSPS) is 13.1. The van der Waals surface area contributed by atoms with Gasteiger partial charge in [0.05, 0.1) is 14.6 Å². The van der Waals surface area contributed by atoms with E-state index in [-0.39, 0.29) is 11.0 Å². The molecule has 142 valence electrons. The molecule has 1 aliphatic heterocycles. The van der Waals surface area contributed by atoms with Gasteiger partial charge in [-0.3, -0.25) is 15.0 Å². The smallest absolute Gasteiger partial charge is 0.261 e. The number of nitrogens with zero attached hydrogens (tertiary/aromatic N) is 1. The average Bonchev–Trinajstić information content (AvgIpc) is 3.44. The molecule has 0 saturated carbocycles. The van der Waals surface area contributed by atoms with Gasteiger partial charge in [0.25, 0.3) is 5.91 Å². The van der Waals surface area contributed by atoms with Crippen LogP contribution in [0.4, 0.5) is 0 Å². The third-order valence-electron chi connectivity index (χ3n) is 3.81. The number of thioether (sulfide) groups is 1. The van der Waals surface area contributed by atoms with E-state index in [2.05, 4.69) is 27.9 Å². The molecule has 2 aromatic rings. The zero-order valence-corrected chi connectivity index (χ0v) is 19.0. The van der Waals surface area contributed by atoms with Crippen molar-refractivity contribution in [2.45, 2.75) is 4.43 Å². The van der Waals surface area contributed by atoms with Gasteiger partial charge in [-0.05, 0) is 24.3 Å². The maximum atomic E-state index is 12.3. The molecule has 1 amide bonds. The summed E-state index contributed by atoms with van der Waals surface area (Å²) in [4.78, 5) is 29.7. The van der Waals surface area contributed by atoms with Crippen molar-refractivity contribution in [1.29, 1.82) is 5.41 Å². The van der Waals surface area contributed by atoms with Crippen molar-refractivity contribution in [2.75, 3.05) is 25.4 Å². The van der Waals surface area contributed by atoms with Gasteiger partial charge in [0.2, 0.25) is 5.12 Å². The van der Waals surface area contributed by atoms with Crippen LogP contribution in [0.5, 0.6) is 0 Å². The zero-order chi connectivity index (χ0) is 19.2. The van der Waals surface area contributed by atoms with Crippen molar-refractivity contribution in [3.8, 4) is 0 Å². The van der Waals surface area contributed by atoms with E-state index in [1.54, 1.807) is 6.07 Å². The van der Waals surface area contributed by atoms with E-state index >= 15 is 0 Å². The Morgan fingerprint density at radius 2 is 1.81 bits per heavy atom. The molecule has 0 unspecified atom stereocenters. The van der Waals surface area contributed by atoms with E-state index in [9.17, 15) is 9.59 Å². The van der Waals surface area contributed by atoms with Gasteiger partial charge < -0.3 is 10.2 Å². The first-order valence-electron chi connectivity index (χ1n) is 8.27. The van der Waals surface area contributed by atoms with Crippen molar-refractivity contribution in [3.63, 3.8) is 0 Å². The Labute approximate surface area is 183 Å². The molecule has 0 radical (unpaired) electrons. The average molecular weight is 531 g/mol. The molecular weight excluding hydrogens is 513 g/mol. The molecule has 0 fully saturated rings.